The number of hydrogen-bond donors (Lipinski definition) is 1. The summed E-state index contributed by atoms with van der Waals surface area (Å²) in [6.45, 7) is 0. The van der Waals surface area contributed by atoms with Gasteiger partial charge in [-0.15, -0.1) is 0 Å². The van der Waals surface area contributed by atoms with E-state index in [2.05, 4.69) is 12.1 Å². The minimum Gasteiger partial charge on any atom is -0.497 e. The molecule has 2 atom stereocenters. The summed E-state index contributed by atoms with van der Waals surface area (Å²) in [6.07, 6.45) is 3.86. The van der Waals surface area contributed by atoms with Gasteiger partial charge in [0.05, 0.1) is 17.1 Å². The van der Waals surface area contributed by atoms with Crippen molar-refractivity contribution in [3.8, 4) is 5.75 Å². The Kier molecular flexibility index (Phi) is 3.49. The zero-order valence-corrected chi connectivity index (χ0v) is 11.9. The average Bonchev–Trinajstić information content (AvgIpc) is 2.78. The monoisotopic (exact) mass is 283 g/mol. The van der Waals surface area contributed by atoms with Gasteiger partial charge in [-0.05, 0) is 30.5 Å². The first kappa shape index (κ1) is 12.7. The fraction of sp³-hybridized carbons (Fsp3) is 0.538. The summed E-state index contributed by atoms with van der Waals surface area (Å²) in [4.78, 5) is 5.32. The van der Waals surface area contributed by atoms with E-state index in [0.29, 0.717) is 5.25 Å². The predicted octanol–water partition coefficient (Wildman–Crippen LogP) is 3.31. The molecule has 5 heteroatoms. The van der Waals surface area contributed by atoms with Gasteiger partial charge in [0.1, 0.15) is 11.9 Å². The second kappa shape index (κ2) is 4.96. The van der Waals surface area contributed by atoms with E-state index in [9.17, 15) is 0 Å². The van der Waals surface area contributed by atoms with Crippen molar-refractivity contribution < 1.29 is 9.57 Å². The lowest BCUT2D eigenvalue weighted by molar-refractivity contribution is 0.00357. The first-order valence-corrected chi connectivity index (χ1v) is 8.34. The van der Waals surface area contributed by atoms with E-state index in [1.807, 2.05) is 33.7 Å². The molecule has 0 bridgehead atoms. The molecule has 1 saturated heterocycles. The summed E-state index contributed by atoms with van der Waals surface area (Å²) in [7, 11) is 5.54. The van der Waals surface area contributed by atoms with E-state index in [1.54, 1.807) is 7.11 Å². The summed E-state index contributed by atoms with van der Waals surface area (Å²) in [5.41, 5.74) is 1.27. The van der Waals surface area contributed by atoms with E-state index in [1.165, 1.54) is 24.8 Å². The van der Waals surface area contributed by atoms with Gasteiger partial charge in [0.15, 0.2) is 0 Å². The van der Waals surface area contributed by atoms with Crippen LogP contribution in [0.1, 0.15) is 30.1 Å². The van der Waals surface area contributed by atoms with Gasteiger partial charge in [0.2, 0.25) is 0 Å². The predicted molar refractivity (Wildman–Crippen MR) is 76.6 cm³/mol. The molecule has 1 aliphatic carbocycles. The number of benzene rings is 1. The maximum atomic E-state index is 5.55. The molecule has 3 nitrogen and oxygen atoms in total. The molecule has 2 unspecified atom stereocenters. The summed E-state index contributed by atoms with van der Waals surface area (Å²) in [5, 5.41) is 0.325. The Bertz CT molecular complexity index is 420. The fourth-order valence-corrected chi connectivity index (χ4v) is 6.76. The third-order valence-electron chi connectivity index (χ3n) is 3.90. The summed E-state index contributed by atoms with van der Waals surface area (Å²) in [5.74, 6) is 6.44. The molecule has 0 amide bonds. The number of methoxy groups -OCH3 is 1. The van der Waals surface area contributed by atoms with Gasteiger partial charge >= 0.3 is 0 Å². The topological polar surface area (TPSA) is 44.5 Å². The average molecular weight is 283 g/mol. The van der Waals surface area contributed by atoms with Gasteiger partial charge in [-0.2, -0.15) is 0 Å². The molecule has 0 aromatic heterocycles. The molecular weight excluding hydrogens is 266 g/mol. The van der Waals surface area contributed by atoms with Crippen molar-refractivity contribution in [1.82, 2.24) is 0 Å². The van der Waals surface area contributed by atoms with Gasteiger partial charge in [0.25, 0.3) is 0 Å². The summed E-state index contributed by atoms with van der Waals surface area (Å²) in [6, 6.07) is 8.22. The number of rotatable bonds is 3. The molecule has 1 spiro atoms. The van der Waals surface area contributed by atoms with Crippen LogP contribution in [0.4, 0.5) is 0 Å². The van der Waals surface area contributed by atoms with Crippen molar-refractivity contribution in [2.24, 2.45) is 5.90 Å². The van der Waals surface area contributed by atoms with Gasteiger partial charge in [-0.3, -0.25) is 4.84 Å². The number of nitrogens with two attached hydrogens (primary N) is 1. The van der Waals surface area contributed by atoms with Crippen molar-refractivity contribution in [2.75, 3.05) is 7.11 Å². The lowest BCUT2D eigenvalue weighted by Crippen LogP contribution is -2.46. The van der Waals surface area contributed by atoms with Gasteiger partial charge < -0.3 is 4.74 Å². The maximum absolute atomic E-state index is 5.55. The highest BCUT2D eigenvalue weighted by Crippen LogP contribution is 2.65. The lowest BCUT2D eigenvalue weighted by Gasteiger charge is -2.41. The summed E-state index contributed by atoms with van der Waals surface area (Å²) < 4.78 is 5.44. The van der Waals surface area contributed by atoms with Crippen molar-refractivity contribution in [2.45, 2.75) is 35.4 Å². The minimum absolute atomic E-state index is 0.120. The zero-order valence-electron chi connectivity index (χ0n) is 10.3. The van der Waals surface area contributed by atoms with Gasteiger partial charge in [-0.25, -0.2) is 5.90 Å². The molecule has 0 radical (unpaired) electrons. The molecular formula is C13H17NO2S2. The number of hydrogen-bond acceptors (Lipinski definition) is 5. The SMILES string of the molecule is COc1ccc(C2SSC3(CCC3)C2ON)cc1. The van der Waals surface area contributed by atoms with E-state index in [-0.39, 0.29) is 10.9 Å². The van der Waals surface area contributed by atoms with Crippen molar-refractivity contribution >= 4 is 21.6 Å². The van der Waals surface area contributed by atoms with Crippen LogP contribution in [0.2, 0.25) is 0 Å². The first-order valence-electron chi connectivity index (χ1n) is 6.13. The molecule has 1 saturated carbocycles. The molecule has 2 fully saturated rings. The Labute approximate surface area is 115 Å². The molecule has 2 aliphatic rings. The minimum atomic E-state index is 0.120. The fourth-order valence-electron chi connectivity index (χ4n) is 2.63. The highest BCUT2D eigenvalue weighted by molar-refractivity contribution is 8.77. The molecule has 2 N–H and O–H groups in total. The van der Waals surface area contributed by atoms with Crippen LogP contribution in [-0.4, -0.2) is 18.0 Å². The Morgan fingerprint density at radius 2 is 2.00 bits per heavy atom. The second-order valence-corrected chi connectivity index (χ2v) is 7.61. The lowest BCUT2D eigenvalue weighted by atomic mass is 9.77. The molecule has 1 aromatic carbocycles. The molecule has 1 aromatic rings. The highest BCUT2D eigenvalue weighted by atomic mass is 33.1. The molecule has 18 heavy (non-hydrogen) atoms. The summed E-state index contributed by atoms with van der Waals surface area (Å²) >= 11 is 0. The second-order valence-electron chi connectivity index (χ2n) is 4.85. The zero-order chi connectivity index (χ0) is 12.6. The van der Waals surface area contributed by atoms with Crippen LogP contribution < -0.4 is 10.6 Å². The quantitative estimate of drug-likeness (QED) is 0.681. The van der Waals surface area contributed by atoms with Crippen LogP contribution in [0.3, 0.4) is 0 Å². The van der Waals surface area contributed by atoms with Crippen molar-refractivity contribution in [1.29, 1.82) is 0 Å². The molecule has 1 heterocycles. The van der Waals surface area contributed by atoms with Crippen molar-refractivity contribution in [3.05, 3.63) is 29.8 Å². The third kappa shape index (κ3) is 1.93. The molecule has 3 rings (SSSR count). The third-order valence-corrected chi connectivity index (χ3v) is 7.60. The van der Waals surface area contributed by atoms with Crippen LogP contribution in [0.15, 0.2) is 24.3 Å². The molecule has 98 valence electrons. The normalized spacial score (nSPS) is 29.2. The Morgan fingerprint density at radius 1 is 1.28 bits per heavy atom. The van der Waals surface area contributed by atoms with E-state index in [0.717, 1.165) is 5.75 Å². The van der Waals surface area contributed by atoms with Crippen LogP contribution in [0.25, 0.3) is 0 Å². The van der Waals surface area contributed by atoms with Crippen molar-refractivity contribution in [3.63, 3.8) is 0 Å². The van der Waals surface area contributed by atoms with Crippen LogP contribution in [0.5, 0.6) is 5.75 Å². The Balaban J connectivity index is 1.82. The Hall–Kier alpha value is -0.360. The van der Waals surface area contributed by atoms with Crippen LogP contribution in [-0.2, 0) is 4.84 Å². The van der Waals surface area contributed by atoms with Gasteiger partial charge in [-0.1, -0.05) is 40.1 Å². The van der Waals surface area contributed by atoms with Crippen LogP contribution >= 0.6 is 21.6 Å². The smallest absolute Gasteiger partial charge is 0.118 e. The molecule has 1 aliphatic heterocycles. The standard InChI is InChI=1S/C13H17NO2S2/c1-15-10-5-3-9(4-6-10)11-12(16-14)13(18-17-11)7-2-8-13/h3-6,11-12H,2,7-8,14H2,1H3. The van der Waals surface area contributed by atoms with Gasteiger partial charge in [0, 0.05) is 0 Å². The first-order chi connectivity index (χ1) is 8.79. The highest BCUT2D eigenvalue weighted by Gasteiger charge is 2.55. The number of ether oxygens (including phenoxy) is 1. The van der Waals surface area contributed by atoms with Crippen LogP contribution in [0, 0.1) is 0 Å². The maximum Gasteiger partial charge on any atom is 0.118 e. The van der Waals surface area contributed by atoms with E-state index < -0.39 is 0 Å². The van der Waals surface area contributed by atoms with E-state index in [4.69, 9.17) is 15.5 Å². The largest absolute Gasteiger partial charge is 0.497 e. The Morgan fingerprint density at radius 3 is 2.50 bits per heavy atom. The van der Waals surface area contributed by atoms with E-state index >= 15 is 0 Å².